The molecule has 0 fully saturated rings. The number of rotatable bonds is 2. The monoisotopic (exact) mass is 137 g/mol. The average molecular weight is 138 g/mol. The summed E-state index contributed by atoms with van der Waals surface area (Å²) in [6.07, 6.45) is 0. The van der Waals surface area contributed by atoms with Crippen molar-refractivity contribution in [2.24, 2.45) is 0 Å². The van der Waals surface area contributed by atoms with Crippen LogP contribution in [0.4, 0.5) is 0 Å². The van der Waals surface area contributed by atoms with Crippen molar-refractivity contribution in [1.29, 1.82) is 0 Å². The van der Waals surface area contributed by atoms with Gasteiger partial charge in [-0.1, -0.05) is 15.9 Å². The predicted octanol–water partition coefficient (Wildman–Crippen LogP) is 0.601. The van der Waals surface area contributed by atoms with E-state index in [1.165, 1.54) is 0 Å². The number of nitrogens with one attached hydrogen (secondary N) is 1. The van der Waals surface area contributed by atoms with E-state index >= 15 is 0 Å². The minimum atomic E-state index is 1.05. The molecule has 0 aliphatic heterocycles. The number of alkyl halides is 1. The number of hydrogen-bond donors (Lipinski definition) is 1. The molecule has 1 N–H and O–H groups in total. The van der Waals surface area contributed by atoms with Gasteiger partial charge >= 0.3 is 0 Å². The molecule has 5 heavy (non-hydrogen) atoms. The van der Waals surface area contributed by atoms with Gasteiger partial charge in [0.2, 0.25) is 0 Å². The molecule has 0 aliphatic carbocycles. The maximum atomic E-state index is 3.25. The maximum absolute atomic E-state index is 3.25. The second-order valence-electron chi connectivity index (χ2n) is 0.793. The molecular weight excluding hydrogens is 130 g/mol. The number of hydrogen-bond acceptors (Lipinski definition) is 1. The fourth-order valence-electron chi connectivity index (χ4n) is 0.0945. The zero-order valence-electron chi connectivity index (χ0n) is 3.29. The summed E-state index contributed by atoms with van der Waals surface area (Å²) in [6.45, 7) is 1.06. The minimum Gasteiger partial charge on any atom is -0.319 e. The molecule has 0 rings (SSSR count). The third-order valence-electron chi connectivity index (χ3n) is 0.344. The normalized spacial score (nSPS) is 8.40. The van der Waals surface area contributed by atoms with Crippen LogP contribution in [-0.2, 0) is 0 Å². The summed E-state index contributed by atoms with van der Waals surface area (Å²) in [7, 11) is 1.93. The molecule has 0 bridgehead atoms. The smallest absolute Gasteiger partial charge is 0.0157 e. The van der Waals surface area contributed by atoms with Gasteiger partial charge in [0.15, 0.2) is 0 Å². The zero-order valence-corrected chi connectivity index (χ0v) is 4.88. The molecule has 0 unspecified atom stereocenters. The Morgan fingerprint density at radius 1 is 1.80 bits per heavy atom. The molecule has 0 aromatic heterocycles. The fourth-order valence-corrected chi connectivity index (χ4v) is 0.491. The van der Waals surface area contributed by atoms with Crippen molar-refractivity contribution in [3.05, 3.63) is 0 Å². The summed E-state index contributed by atoms with van der Waals surface area (Å²) in [5.74, 6) is 0. The van der Waals surface area contributed by atoms with Gasteiger partial charge in [-0.3, -0.25) is 0 Å². The van der Waals surface area contributed by atoms with Crippen molar-refractivity contribution < 1.29 is 0 Å². The lowest BCUT2D eigenvalue weighted by molar-refractivity contribution is 0.876. The van der Waals surface area contributed by atoms with Gasteiger partial charge in [-0.25, -0.2) is 0 Å². The minimum absolute atomic E-state index is 1.05. The van der Waals surface area contributed by atoms with E-state index in [9.17, 15) is 0 Å². The van der Waals surface area contributed by atoms with Crippen molar-refractivity contribution in [3.8, 4) is 0 Å². The Balaban J connectivity index is 2.19. The van der Waals surface area contributed by atoms with E-state index in [4.69, 9.17) is 0 Å². The van der Waals surface area contributed by atoms with Crippen LogP contribution in [0.25, 0.3) is 0 Å². The molecule has 0 aromatic rings. The standard InChI is InChI=1S/C3H8BrN/c1-5-3-2-4/h5H,2-3H2,1H3. The van der Waals surface area contributed by atoms with Gasteiger partial charge in [0, 0.05) is 11.9 Å². The van der Waals surface area contributed by atoms with Crippen LogP contribution in [0.1, 0.15) is 0 Å². The SMILES string of the molecule is CNCCBr. The van der Waals surface area contributed by atoms with E-state index in [1.807, 2.05) is 7.05 Å². The molecule has 0 saturated heterocycles. The van der Waals surface area contributed by atoms with E-state index in [0.29, 0.717) is 0 Å². The Kier molecular flexibility index (Phi) is 4.83. The van der Waals surface area contributed by atoms with Gasteiger partial charge < -0.3 is 5.32 Å². The molecular formula is C3H8BrN. The molecule has 0 amide bonds. The first kappa shape index (κ1) is 5.44. The van der Waals surface area contributed by atoms with Crippen LogP contribution in [0.5, 0.6) is 0 Å². The molecule has 0 aliphatic rings. The Bertz CT molecular complexity index is 14.4. The van der Waals surface area contributed by atoms with Gasteiger partial charge in [-0.2, -0.15) is 0 Å². The molecule has 32 valence electrons. The lowest BCUT2D eigenvalue weighted by atomic mass is 10.8. The lowest BCUT2D eigenvalue weighted by Gasteiger charge is -1.83. The van der Waals surface area contributed by atoms with E-state index in [1.54, 1.807) is 0 Å². The first-order chi connectivity index (χ1) is 2.41. The van der Waals surface area contributed by atoms with Crippen molar-refractivity contribution in [3.63, 3.8) is 0 Å². The quantitative estimate of drug-likeness (QED) is 0.551. The van der Waals surface area contributed by atoms with Crippen LogP contribution < -0.4 is 5.32 Å². The Morgan fingerprint density at radius 3 is 2.40 bits per heavy atom. The first-order valence-corrected chi connectivity index (χ1v) is 2.74. The van der Waals surface area contributed by atoms with Crippen LogP contribution in [0.3, 0.4) is 0 Å². The molecule has 0 radical (unpaired) electrons. The van der Waals surface area contributed by atoms with Gasteiger partial charge in [0.05, 0.1) is 0 Å². The second kappa shape index (κ2) is 4.44. The third-order valence-corrected chi connectivity index (χ3v) is 0.741. The maximum Gasteiger partial charge on any atom is 0.0157 e. The van der Waals surface area contributed by atoms with Crippen molar-refractivity contribution in [2.75, 3.05) is 18.9 Å². The molecule has 0 saturated carbocycles. The largest absolute Gasteiger partial charge is 0.319 e. The predicted molar refractivity (Wildman–Crippen MR) is 27.7 cm³/mol. The lowest BCUT2D eigenvalue weighted by Crippen LogP contribution is -2.07. The molecule has 0 aromatic carbocycles. The summed E-state index contributed by atoms with van der Waals surface area (Å²) < 4.78 is 0. The summed E-state index contributed by atoms with van der Waals surface area (Å²) in [5, 5.41) is 4.02. The van der Waals surface area contributed by atoms with Gasteiger partial charge in [0.25, 0.3) is 0 Å². The van der Waals surface area contributed by atoms with Crippen LogP contribution in [0, 0.1) is 0 Å². The third kappa shape index (κ3) is 4.44. The summed E-state index contributed by atoms with van der Waals surface area (Å²) in [4.78, 5) is 0. The van der Waals surface area contributed by atoms with Crippen LogP contribution >= 0.6 is 15.9 Å². The van der Waals surface area contributed by atoms with Crippen LogP contribution in [-0.4, -0.2) is 18.9 Å². The zero-order chi connectivity index (χ0) is 4.12. The molecule has 0 heterocycles. The van der Waals surface area contributed by atoms with E-state index in [0.717, 1.165) is 11.9 Å². The van der Waals surface area contributed by atoms with E-state index in [-0.39, 0.29) is 0 Å². The molecule has 1 nitrogen and oxygen atoms in total. The molecule has 0 spiro atoms. The van der Waals surface area contributed by atoms with Crippen molar-refractivity contribution >= 4 is 15.9 Å². The van der Waals surface area contributed by atoms with Crippen molar-refractivity contribution in [1.82, 2.24) is 5.32 Å². The van der Waals surface area contributed by atoms with Gasteiger partial charge in [0.1, 0.15) is 0 Å². The number of halogens is 1. The Hall–Kier alpha value is 0.440. The first-order valence-electron chi connectivity index (χ1n) is 1.62. The van der Waals surface area contributed by atoms with E-state index < -0.39 is 0 Å². The summed E-state index contributed by atoms with van der Waals surface area (Å²) in [5.41, 5.74) is 0. The van der Waals surface area contributed by atoms with Crippen molar-refractivity contribution in [2.45, 2.75) is 0 Å². The topological polar surface area (TPSA) is 12.0 Å². The second-order valence-corrected chi connectivity index (χ2v) is 1.59. The fraction of sp³-hybridized carbons (Fsp3) is 1.00. The summed E-state index contributed by atoms with van der Waals surface area (Å²) in [6, 6.07) is 0. The highest BCUT2D eigenvalue weighted by atomic mass is 79.9. The molecule has 0 atom stereocenters. The highest BCUT2D eigenvalue weighted by molar-refractivity contribution is 9.09. The van der Waals surface area contributed by atoms with Gasteiger partial charge in [-0.05, 0) is 7.05 Å². The average Bonchev–Trinajstić information content (AvgIpc) is 1.41. The molecule has 2 heteroatoms. The van der Waals surface area contributed by atoms with Crippen LogP contribution in [0.15, 0.2) is 0 Å². The van der Waals surface area contributed by atoms with Crippen LogP contribution in [0.2, 0.25) is 0 Å². The Morgan fingerprint density at radius 2 is 2.40 bits per heavy atom. The van der Waals surface area contributed by atoms with Gasteiger partial charge in [-0.15, -0.1) is 0 Å². The summed E-state index contributed by atoms with van der Waals surface area (Å²) >= 11 is 3.25. The van der Waals surface area contributed by atoms with E-state index in [2.05, 4.69) is 21.2 Å². The highest BCUT2D eigenvalue weighted by Crippen LogP contribution is 1.70. The Labute approximate surface area is 40.9 Å². The highest BCUT2D eigenvalue weighted by Gasteiger charge is 1.66.